The lowest BCUT2D eigenvalue weighted by molar-refractivity contribution is 0.496. The second-order valence-corrected chi connectivity index (χ2v) is 5.57. The summed E-state index contributed by atoms with van der Waals surface area (Å²) >= 11 is 0. The van der Waals surface area contributed by atoms with E-state index >= 15 is 0 Å². The van der Waals surface area contributed by atoms with Crippen molar-refractivity contribution < 1.29 is 0 Å². The molecule has 1 N–H and O–H groups in total. The molecule has 2 aromatic rings. The highest BCUT2D eigenvalue weighted by Gasteiger charge is 2.12. The van der Waals surface area contributed by atoms with Gasteiger partial charge in [0.05, 0.1) is 11.2 Å². The molecule has 1 unspecified atom stereocenters. The number of aryl methyl sites for hydroxylation is 1. The lowest BCUT2D eigenvalue weighted by Crippen LogP contribution is -2.18. The summed E-state index contributed by atoms with van der Waals surface area (Å²) in [4.78, 5) is 4.84. The van der Waals surface area contributed by atoms with E-state index in [0.717, 1.165) is 5.52 Å². The predicted molar refractivity (Wildman–Crippen MR) is 87.0 cm³/mol. The van der Waals surface area contributed by atoms with E-state index in [9.17, 15) is 0 Å². The minimum absolute atomic E-state index is 0.371. The maximum absolute atomic E-state index is 4.84. The van der Waals surface area contributed by atoms with Gasteiger partial charge in [0, 0.05) is 11.4 Å². The molecule has 0 bridgehead atoms. The molecule has 1 heterocycles. The van der Waals surface area contributed by atoms with Crippen LogP contribution in [0.15, 0.2) is 30.3 Å². The summed E-state index contributed by atoms with van der Waals surface area (Å²) in [6.45, 7) is 4.43. The molecule has 1 aromatic heterocycles. The Hall–Kier alpha value is -1.41. The molecule has 0 aliphatic heterocycles. The highest BCUT2D eigenvalue weighted by atomic mass is 14.9. The first-order valence-corrected chi connectivity index (χ1v) is 7.79. The van der Waals surface area contributed by atoms with E-state index in [4.69, 9.17) is 4.98 Å². The Morgan fingerprint density at radius 1 is 1.15 bits per heavy atom. The summed E-state index contributed by atoms with van der Waals surface area (Å²) in [5.74, 6) is 0. The molecular formula is C18H26N2. The first kappa shape index (κ1) is 15.0. The van der Waals surface area contributed by atoms with E-state index in [-0.39, 0.29) is 0 Å². The number of aromatic nitrogens is 1. The SMILES string of the molecule is CCCCCCC(NC)c1cc(C)c2ccccc2n1. The van der Waals surface area contributed by atoms with Gasteiger partial charge in [0.2, 0.25) is 0 Å². The van der Waals surface area contributed by atoms with Crippen LogP contribution in [0.25, 0.3) is 10.9 Å². The third kappa shape index (κ3) is 3.57. The number of hydrogen-bond acceptors (Lipinski definition) is 2. The Labute approximate surface area is 122 Å². The maximum Gasteiger partial charge on any atom is 0.0708 e. The zero-order chi connectivity index (χ0) is 14.4. The van der Waals surface area contributed by atoms with Crippen LogP contribution in [-0.2, 0) is 0 Å². The fourth-order valence-corrected chi connectivity index (χ4v) is 2.77. The van der Waals surface area contributed by atoms with E-state index in [1.807, 2.05) is 7.05 Å². The van der Waals surface area contributed by atoms with Crippen molar-refractivity contribution in [2.75, 3.05) is 7.05 Å². The molecule has 0 amide bonds. The number of benzene rings is 1. The number of para-hydroxylation sites is 1. The van der Waals surface area contributed by atoms with Crippen LogP contribution in [-0.4, -0.2) is 12.0 Å². The smallest absolute Gasteiger partial charge is 0.0708 e. The predicted octanol–water partition coefficient (Wildman–Crippen LogP) is 4.77. The maximum atomic E-state index is 4.84. The molecule has 0 aliphatic carbocycles. The van der Waals surface area contributed by atoms with Gasteiger partial charge in [-0.2, -0.15) is 0 Å². The zero-order valence-electron chi connectivity index (χ0n) is 12.9. The van der Waals surface area contributed by atoms with E-state index < -0.39 is 0 Å². The number of hydrogen-bond donors (Lipinski definition) is 1. The Morgan fingerprint density at radius 2 is 1.95 bits per heavy atom. The van der Waals surface area contributed by atoms with Crippen LogP contribution in [0.3, 0.4) is 0 Å². The Bertz CT molecular complexity index is 548. The summed E-state index contributed by atoms with van der Waals surface area (Å²) in [5, 5.41) is 4.69. The quantitative estimate of drug-likeness (QED) is 0.733. The highest BCUT2D eigenvalue weighted by molar-refractivity contribution is 5.82. The van der Waals surface area contributed by atoms with E-state index in [1.165, 1.54) is 48.7 Å². The van der Waals surface area contributed by atoms with Crippen LogP contribution in [0.1, 0.15) is 56.3 Å². The molecule has 0 aliphatic rings. The molecule has 2 heteroatoms. The first-order chi connectivity index (χ1) is 9.76. The summed E-state index contributed by atoms with van der Waals surface area (Å²) in [6, 6.07) is 11.0. The number of rotatable bonds is 7. The fraction of sp³-hybridized carbons (Fsp3) is 0.500. The summed E-state index contributed by atoms with van der Waals surface area (Å²) in [7, 11) is 2.04. The first-order valence-electron chi connectivity index (χ1n) is 7.79. The van der Waals surface area contributed by atoms with Crippen LogP contribution in [0.4, 0.5) is 0 Å². The van der Waals surface area contributed by atoms with Crippen molar-refractivity contribution in [2.45, 2.75) is 52.0 Å². The Balaban J connectivity index is 2.17. The number of unbranched alkanes of at least 4 members (excludes halogenated alkanes) is 3. The van der Waals surface area contributed by atoms with Crippen molar-refractivity contribution >= 4 is 10.9 Å². The van der Waals surface area contributed by atoms with Gasteiger partial charge in [-0.1, -0.05) is 50.8 Å². The van der Waals surface area contributed by atoms with Crippen molar-refractivity contribution in [1.82, 2.24) is 10.3 Å². The molecule has 0 radical (unpaired) electrons. The normalized spacial score (nSPS) is 12.8. The molecular weight excluding hydrogens is 244 g/mol. The van der Waals surface area contributed by atoms with Crippen molar-refractivity contribution in [3.8, 4) is 0 Å². The van der Waals surface area contributed by atoms with E-state index in [0.29, 0.717) is 6.04 Å². The average molecular weight is 270 g/mol. The number of nitrogens with zero attached hydrogens (tertiary/aromatic N) is 1. The third-order valence-corrected chi connectivity index (χ3v) is 3.99. The molecule has 1 atom stereocenters. The van der Waals surface area contributed by atoms with Crippen molar-refractivity contribution in [3.05, 3.63) is 41.6 Å². The van der Waals surface area contributed by atoms with E-state index in [2.05, 4.69) is 49.5 Å². The third-order valence-electron chi connectivity index (χ3n) is 3.99. The molecule has 0 spiro atoms. The van der Waals surface area contributed by atoms with Gasteiger partial charge >= 0.3 is 0 Å². The molecule has 0 fully saturated rings. The molecule has 1 aromatic carbocycles. The van der Waals surface area contributed by atoms with Crippen LogP contribution in [0, 0.1) is 6.92 Å². The monoisotopic (exact) mass is 270 g/mol. The van der Waals surface area contributed by atoms with Gasteiger partial charge in [0.15, 0.2) is 0 Å². The molecule has 20 heavy (non-hydrogen) atoms. The summed E-state index contributed by atoms with van der Waals surface area (Å²) in [5.41, 5.74) is 3.61. The number of nitrogens with one attached hydrogen (secondary N) is 1. The topological polar surface area (TPSA) is 24.9 Å². The minimum atomic E-state index is 0.371. The zero-order valence-corrected chi connectivity index (χ0v) is 12.9. The van der Waals surface area contributed by atoms with Crippen molar-refractivity contribution in [2.24, 2.45) is 0 Å². The molecule has 2 rings (SSSR count). The average Bonchev–Trinajstić information content (AvgIpc) is 2.47. The fourth-order valence-electron chi connectivity index (χ4n) is 2.77. The van der Waals surface area contributed by atoms with Crippen LogP contribution in [0.2, 0.25) is 0 Å². The minimum Gasteiger partial charge on any atom is -0.312 e. The van der Waals surface area contributed by atoms with Gasteiger partial charge in [0.1, 0.15) is 0 Å². The van der Waals surface area contributed by atoms with Gasteiger partial charge in [-0.3, -0.25) is 4.98 Å². The number of pyridine rings is 1. The van der Waals surface area contributed by atoms with Crippen LogP contribution in [0.5, 0.6) is 0 Å². The Morgan fingerprint density at radius 3 is 2.70 bits per heavy atom. The molecule has 0 saturated heterocycles. The van der Waals surface area contributed by atoms with Crippen LogP contribution < -0.4 is 5.32 Å². The summed E-state index contributed by atoms with van der Waals surface area (Å²) < 4.78 is 0. The van der Waals surface area contributed by atoms with Crippen molar-refractivity contribution in [1.29, 1.82) is 0 Å². The van der Waals surface area contributed by atoms with Gasteiger partial charge in [-0.25, -0.2) is 0 Å². The highest BCUT2D eigenvalue weighted by Crippen LogP contribution is 2.24. The largest absolute Gasteiger partial charge is 0.312 e. The second kappa shape index (κ2) is 7.39. The van der Waals surface area contributed by atoms with Gasteiger partial charge < -0.3 is 5.32 Å². The molecule has 2 nitrogen and oxygen atoms in total. The Kier molecular flexibility index (Phi) is 5.54. The van der Waals surface area contributed by atoms with Crippen LogP contribution >= 0.6 is 0 Å². The number of fused-ring (bicyclic) bond motifs is 1. The summed E-state index contributed by atoms with van der Waals surface area (Å²) in [6.07, 6.45) is 6.38. The standard InChI is InChI=1S/C18H26N2/c1-4-5-6-7-12-17(19-3)18-13-14(2)15-10-8-9-11-16(15)20-18/h8-11,13,17,19H,4-7,12H2,1-3H3. The van der Waals surface area contributed by atoms with Crippen molar-refractivity contribution in [3.63, 3.8) is 0 Å². The molecule has 108 valence electrons. The second-order valence-electron chi connectivity index (χ2n) is 5.57. The lowest BCUT2D eigenvalue weighted by Gasteiger charge is -2.17. The lowest BCUT2D eigenvalue weighted by atomic mass is 10.0. The molecule has 0 saturated carbocycles. The van der Waals surface area contributed by atoms with Gasteiger partial charge in [0.25, 0.3) is 0 Å². The van der Waals surface area contributed by atoms with Gasteiger partial charge in [-0.15, -0.1) is 0 Å². The van der Waals surface area contributed by atoms with E-state index in [1.54, 1.807) is 0 Å². The van der Waals surface area contributed by atoms with Gasteiger partial charge in [-0.05, 0) is 38.1 Å².